The van der Waals surface area contributed by atoms with Crippen LogP contribution in [-0.2, 0) is 14.3 Å². The first-order chi connectivity index (χ1) is 9.35. The van der Waals surface area contributed by atoms with Gasteiger partial charge in [-0.15, -0.1) is 0 Å². The van der Waals surface area contributed by atoms with Crippen molar-refractivity contribution in [3.8, 4) is 0 Å². The highest BCUT2D eigenvalue weighted by Crippen LogP contribution is 2.30. The summed E-state index contributed by atoms with van der Waals surface area (Å²) in [7, 11) is 0. The van der Waals surface area contributed by atoms with Crippen LogP contribution in [0.5, 0.6) is 0 Å². The number of rotatable bonds is 7. The minimum Gasteiger partial charge on any atom is -0.435 e. The second kappa shape index (κ2) is 8.02. The van der Waals surface area contributed by atoms with Crippen molar-refractivity contribution >= 4 is 5.97 Å². The standard InChI is InChI=1S/C17H32O3/c1-6-17(4,5)16(18)20-15(19-13(2)3)12-14-10-8-7-9-11-14/h13-15H,6-12H2,1-5H3. The van der Waals surface area contributed by atoms with E-state index in [4.69, 9.17) is 9.47 Å². The van der Waals surface area contributed by atoms with Gasteiger partial charge >= 0.3 is 5.97 Å². The average molecular weight is 284 g/mol. The summed E-state index contributed by atoms with van der Waals surface area (Å²) < 4.78 is 11.5. The molecule has 0 aromatic rings. The Bertz CT molecular complexity index is 291. The van der Waals surface area contributed by atoms with Crippen LogP contribution in [0.2, 0.25) is 0 Å². The molecule has 1 fully saturated rings. The minimum absolute atomic E-state index is 0.0844. The molecule has 0 N–H and O–H groups in total. The van der Waals surface area contributed by atoms with Gasteiger partial charge in [0, 0.05) is 6.42 Å². The van der Waals surface area contributed by atoms with E-state index in [2.05, 4.69) is 0 Å². The Morgan fingerprint density at radius 1 is 1.20 bits per heavy atom. The highest BCUT2D eigenvalue weighted by molar-refractivity contribution is 5.75. The lowest BCUT2D eigenvalue weighted by molar-refractivity contribution is -0.200. The summed E-state index contributed by atoms with van der Waals surface area (Å²) in [6.07, 6.45) is 7.76. The zero-order valence-electron chi connectivity index (χ0n) is 13.9. The molecule has 1 rings (SSSR count). The third-order valence-electron chi connectivity index (χ3n) is 4.35. The quantitative estimate of drug-likeness (QED) is 0.502. The van der Waals surface area contributed by atoms with Gasteiger partial charge in [0.2, 0.25) is 6.29 Å². The maximum atomic E-state index is 12.2. The van der Waals surface area contributed by atoms with Crippen LogP contribution in [0, 0.1) is 11.3 Å². The molecule has 0 aromatic heterocycles. The number of esters is 1. The SMILES string of the molecule is CCC(C)(C)C(=O)OC(CC1CCCCC1)OC(C)C. The Kier molecular flexibility index (Phi) is 7.01. The molecule has 3 heteroatoms. The van der Waals surface area contributed by atoms with Gasteiger partial charge in [0.15, 0.2) is 0 Å². The van der Waals surface area contributed by atoms with Gasteiger partial charge in [0.05, 0.1) is 11.5 Å². The molecule has 1 aliphatic rings. The van der Waals surface area contributed by atoms with Crippen molar-refractivity contribution < 1.29 is 14.3 Å². The molecular weight excluding hydrogens is 252 g/mol. The molecule has 3 nitrogen and oxygen atoms in total. The zero-order valence-corrected chi connectivity index (χ0v) is 13.9. The minimum atomic E-state index is -0.425. The van der Waals surface area contributed by atoms with Crippen molar-refractivity contribution in [3.05, 3.63) is 0 Å². The van der Waals surface area contributed by atoms with Gasteiger partial charge in [-0.2, -0.15) is 0 Å². The van der Waals surface area contributed by atoms with E-state index in [1.165, 1.54) is 32.1 Å². The van der Waals surface area contributed by atoms with Gasteiger partial charge in [-0.1, -0.05) is 39.0 Å². The molecule has 20 heavy (non-hydrogen) atoms. The maximum Gasteiger partial charge on any atom is 0.313 e. The number of hydrogen-bond donors (Lipinski definition) is 0. The van der Waals surface area contributed by atoms with Crippen molar-refractivity contribution in [1.29, 1.82) is 0 Å². The van der Waals surface area contributed by atoms with E-state index in [0.717, 1.165) is 12.8 Å². The van der Waals surface area contributed by atoms with E-state index < -0.39 is 5.41 Å². The summed E-state index contributed by atoms with van der Waals surface area (Å²) in [6, 6.07) is 0. The highest BCUT2D eigenvalue weighted by Gasteiger charge is 2.31. The predicted octanol–water partition coefficient (Wildman–Crippen LogP) is 4.69. The van der Waals surface area contributed by atoms with Crippen molar-refractivity contribution in [2.24, 2.45) is 11.3 Å². The first-order valence-corrected chi connectivity index (χ1v) is 8.21. The molecule has 0 heterocycles. The lowest BCUT2D eigenvalue weighted by Crippen LogP contribution is -2.34. The van der Waals surface area contributed by atoms with E-state index in [-0.39, 0.29) is 18.4 Å². The van der Waals surface area contributed by atoms with Gasteiger partial charge in [0.25, 0.3) is 0 Å². The third-order valence-corrected chi connectivity index (χ3v) is 4.35. The van der Waals surface area contributed by atoms with Gasteiger partial charge in [-0.05, 0) is 40.0 Å². The lowest BCUT2D eigenvalue weighted by atomic mass is 9.86. The van der Waals surface area contributed by atoms with Crippen LogP contribution in [0.1, 0.15) is 79.6 Å². The number of hydrogen-bond acceptors (Lipinski definition) is 3. The summed E-state index contributed by atoms with van der Waals surface area (Å²) in [5, 5.41) is 0. The molecule has 1 aliphatic carbocycles. The molecular formula is C17H32O3. The summed E-state index contributed by atoms with van der Waals surface area (Å²) in [6.45, 7) is 9.87. The van der Waals surface area contributed by atoms with E-state index in [1.54, 1.807) is 0 Å². The fourth-order valence-corrected chi connectivity index (χ4v) is 2.55. The third kappa shape index (κ3) is 5.82. The Labute approximate surface area is 124 Å². The van der Waals surface area contributed by atoms with Crippen LogP contribution in [0.25, 0.3) is 0 Å². The summed E-state index contributed by atoms with van der Waals surface area (Å²) >= 11 is 0. The lowest BCUT2D eigenvalue weighted by Gasteiger charge is -2.30. The van der Waals surface area contributed by atoms with Crippen LogP contribution in [0.4, 0.5) is 0 Å². The second-order valence-electron chi connectivity index (χ2n) is 7.00. The molecule has 1 atom stereocenters. The largest absolute Gasteiger partial charge is 0.435 e. The molecule has 1 unspecified atom stereocenters. The zero-order chi connectivity index (χ0) is 15.2. The van der Waals surface area contributed by atoms with Gasteiger partial charge in [-0.25, -0.2) is 0 Å². The van der Waals surface area contributed by atoms with E-state index in [9.17, 15) is 4.79 Å². The maximum absolute atomic E-state index is 12.2. The van der Waals surface area contributed by atoms with Gasteiger partial charge in [-0.3, -0.25) is 4.79 Å². The molecule has 1 saturated carbocycles. The molecule has 0 radical (unpaired) electrons. The fourth-order valence-electron chi connectivity index (χ4n) is 2.55. The molecule has 0 spiro atoms. The molecule has 0 aromatic carbocycles. The normalized spacial score (nSPS) is 19.1. The molecule has 0 amide bonds. The van der Waals surface area contributed by atoms with Crippen molar-refractivity contribution in [3.63, 3.8) is 0 Å². The molecule has 0 bridgehead atoms. The van der Waals surface area contributed by atoms with Crippen LogP contribution in [-0.4, -0.2) is 18.4 Å². The Morgan fingerprint density at radius 2 is 1.80 bits per heavy atom. The number of carbonyl (C=O) groups excluding carboxylic acids is 1. The summed E-state index contributed by atoms with van der Waals surface area (Å²) in [5.74, 6) is 0.506. The Hall–Kier alpha value is -0.570. The van der Waals surface area contributed by atoms with Crippen LogP contribution >= 0.6 is 0 Å². The smallest absolute Gasteiger partial charge is 0.313 e. The van der Waals surface area contributed by atoms with Crippen LogP contribution < -0.4 is 0 Å². The molecule has 0 saturated heterocycles. The van der Waals surface area contributed by atoms with Crippen molar-refractivity contribution in [2.45, 2.75) is 92.0 Å². The molecule has 0 aliphatic heterocycles. The monoisotopic (exact) mass is 284 g/mol. The Morgan fingerprint density at radius 3 is 2.30 bits per heavy atom. The number of carbonyl (C=O) groups is 1. The highest BCUT2D eigenvalue weighted by atomic mass is 16.7. The topological polar surface area (TPSA) is 35.5 Å². The van der Waals surface area contributed by atoms with Gasteiger partial charge in [0.1, 0.15) is 0 Å². The van der Waals surface area contributed by atoms with E-state index in [1.807, 2.05) is 34.6 Å². The van der Waals surface area contributed by atoms with Crippen molar-refractivity contribution in [1.82, 2.24) is 0 Å². The average Bonchev–Trinajstić information content (AvgIpc) is 2.39. The first kappa shape index (κ1) is 17.5. The second-order valence-corrected chi connectivity index (χ2v) is 7.00. The van der Waals surface area contributed by atoms with E-state index >= 15 is 0 Å². The van der Waals surface area contributed by atoms with Gasteiger partial charge < -0.3 is 9.47 Å². The van der Waals surface area contributed by atoms with Crippen molar-refractivity contribution in [2.75, 3.05) is 0 Å². The fraction of sp³-hybridized carbons (Fsp3) is 0.941. The summed E-state index contributed by atoms with van der Waals surface area (Å²) in [4.78, 5) is 12.2. The number of ether oxygens (including phenoxy) is 2. The first-order valence-electron chi connectivity index (χ1n) is 8.21. The van der Waals surface area contributed by atoms with Crippen LogP contribution in [0.15, 0.2) is 0 Å². The molecule has 118 valence electrons. The summed E-state index contributed by atoms with van der Waals surface area (Å²) in [5.41, 5.74) is -0.425. The predicted molar refractivity (Wildman–Crippen MR) is 81.4 cm³/mol. The van der Waals surface area contributed by atoms with Crippen LogP contribution in [0.3, 0.4) is 0 Å². The van der Waals surface area contributed by atoms with E-state index in [0.29, 0.717) is 5.92 Å². The Balaban J connectivity index is 2.56.